The Kier molecular flexibility index (Phi) is 9.20. The summed E-state index contributed by atoms with van der Waals surface area (Å²) in [6, 6.07) is 92.7. The van der Waals surface area contributed by atoms with Crippen molar-refractivity contribution in [3.8, 4) is 50.2 Å². The SMILES string of the molecule is c1ccc(-c2ccc3cccc(-c4ccc(N(c5ccc(-c6cccc7ccccc67)cc5)c5ccccc5-c5cccc6c5c5ccccc5n6-c5ccccc5)cc4)c3c2)cc1. The lowest BCUT2D eigenvalue weighted by molar-refractivity contribution is 1.18. The summed E-state index contributed by atoms with van der Waals surface area (Å²) in [6.07, 6.45) is 0. The molecule has 0 aliphatic carbocycles. The quantitative estimate of drug-likeness (QED) is 0.148. The summed E-state index contributed by atoms with van der Waals surface area (Å²) in [6.45, 7) is 0. The predicted octanol–water partition coefficient (Wildman–Crippen LogP) is 17.2. The van der Waals surface area contributed by atoms with Gasteiger partial charge in [-0.3, -0.25) is 0 Å². The Morgan fingerprint density at radius 1 is 0.281 bits per heavy atom. The van der Waals surface area contributed by atoms with Crippen LogP contribution in [-0.4, -0.2) is 4.57 Å². The number of anilines is 3. The van der Waals surface area contributed by atoms with Crippen LogP contribution in [0.1, 0.15) is 0 Å². The van der Waals surface area contributed by atoms with Gasteiger partial charge in [0.05, 0.1) is 16.7 Å². The minimum absolute atomic E-state index is 1.08. The number of benzene rings is 11. The van der Waals surface area contributed by atoms with Gasteiger partial charge in [0.25, 0.3) is 0 Å². The van der Waals surface area contributed by atoms with Crippen molar-refractivity contribution in [2.45, 2.75) is 0 Å². The van der Waals surface area contributed by atoms with E-state index in [9.17, 15) is 0 Å². The number of rotatable bonds is 8. The molecule has 0 saturated carbocycles. The van der Waals surface area contributed by atoms with E-state index >= 15 is 0 Å². The van der Waals surface area contributed by atoms with E-state index in [-0.39, 0.29) is 0 Å². The van der Waals surface area contributed by atoms with Crippen LogP contribution in [-0.2, 0) is 0 Å². The lowest BCUT2D eigenvalue weighted by Crippen LogP contribution is -2.11. The van der Waals surface area contributed by atoms with Gasteiger partial charge in [-0.2, -0.15) is 0 Å². The highest BCUT2D eigenvalue weighted by molar-refractivity contribution is 6.17. The third kappa shape index (κ3) is 6.44. The van der Waals surface area contributed by atoms with Crippen molar-refractivity contribution in [3.63, 3.8) is 0 Å². The lowest BCUT2D eigenvalue weighted by Gasteiger charge is -2.28. The van der Waals surface area contributed by atoms with Crippen molar-refractivity contribution < 1.29 is 0 Å². The maximum absolute atomic E-state index is 2.43. The van der Waals surface area contributed by atoms with E-state index in [0.717, 1.165) is 28.3 Å². The first kappa shape index (κ1) is 37.3. The molecule has 300 valence electrons. The highest BCUT2D eigenvalue weighted by Crippen LogP contribution is 2.46. The lowest BCUT2D eigenvalue weighted by atomic mass is 9.94. The first-order chi connectivity index (χ1) is 31.8. The molecule has 0 fully saturated rings. The topological polar surface area (TPSA) is 8.17 Å². The molecule has 11 aromatic carbocycles. The maximum atomic E-state index is 2.43. The van der Waals surface area contributed by atoms with Crippen LogP contribution in [0.3, 0.4) is 0 Å². The summed E-state index contributed by atoms with van der Waals surface area (Å²) in [5.74, 6) is 0. The minimum Gasteiger partial charge on any atom is -0.310 e. The summed E-state index contributed by atoms with van der Waals surface area (Å²) in [5, 5.41) is 7.43. The van der Waals surface area contributed by atoms with E-state index in [1.807, 2.05) is 0 Å². The largest absolute Gasteiger partial charge is 0.310 e. The average molecular weight is 815 g/mol. The zero-order chi connectivity index (χ0) is 42.4. The van der Waals surface area contributed by atoms with E-state index in [2.05, 4.69) is 264 Å². The van der Waals surface area contributed by atoms with E-state index in [4.69, 9.17) is 0 Å². The van der Waals surface area contributed by atoms with E-state index in [0.29, 0.717) is 0 Å². The molecule has 0 amide bonds. The molecule has 2 heteroatoms. The van der Waals surface area contributed by atoms with E-state index in [1.165, 1.54) is 82.3 Å². The molecule has 0 aliphatic rings. The molecule has 0 bridgehead atoms. The number of aromatic nitrogens is 1. The Bertz CT molecular complexity index is 3640. The molecule has 12 rings (SSSR count). The number of nitrogens with zero attached hydrogens (tertiary/aromatic N) is 2. The maximum Gasteiger partial charge on any atom is 0.0547 e. The van der Waals surface area contributed by atoms with E-state index in [1.54, 1.807) is 0 Å². The second-order valence-corrected chi connectivity index (χ2v) is 16.5. The van der Waals surface area contributed by atoms with Crippen LogP contribution >= 0.6 is 0 Å². The van der Waals surface area contributed by atoms with E-state index < -0.39 is 0 Å². The monoisotopic (exact) mass is 814 g/mol. The van der Waals surface area contributed by atoms with Gasteiger partial charge < -0.3 is 9.47 Å². The highest BCUT2D eigenvalue weighted by atomic mass is 15.1. The number of hydrogen-bond donors (Lipinski definition) is 0. The van der Waals surface area contributed by atoms with Crippen LogP contribution in [0, 0.1) is 0 Å². The molecule has 0 spiro atoms. The first-order valence-corrected chi connectivity index (χ1v) is 22.0. The van der Waals surface area contributed by atoms with Crippen molar-refractivity contribution in [3.05, 3.63) is 255 Å². The fourth-order valence-corrected chi connectivity index (χ4v) is 9.81. The van der Waals surface area contributed by atoms with Crippen molar-refractivity contribution >= 4 is 60.4 Å². The molecule has 0 N–H and O–H groups in total. The molecule has 1 aromatic heterocycles. The standard InChI is InChI=1S/C62H42N2/c1-3-16-43(17-4-1)48-33-32-45-20-14-27-54(58(45)42-48)47-36-40-51(41-37-47)63(50-38-34-46(35-39-50)53-26-13-19-44-18-7-8-23-52(44)53)59-29-11-9-24-55(59)56-28-15-31-61-62(56)57-25-10-12-30-60(57)64(61)49-21-5-2-6-22-49/h1-42H. The zero-order valence-corrected chi connectivity index (χ0v) is 35.1. The minimum atomic E-state index is 1.08. The Morgan fingerprint density at radius 3 is 1.52 bits per heavy atom. The highest BCUT2D eigenvalue weighted by Gasteiger charge is 2.22. The van der Waals surface area contributed by atoms with Gasteiger partial charge in [-0.05, 0) is 121 Å². The first-order valence-electron chi connectivity index (χ1n) is 22.0. The Hall–Kier alpha value is -8.46. The van der Waals surface area contributed by atoms with Gasteiger partial charge in [-0.25, -0.2) is 0 Å². The molecule has 12 aromatic rings. The van der Waals surface area contributed by atoms with Gasteiger partial charge in [0.1, 0.15) is 0 Å². The normalized spacial score (nSPS) is 11.4. The van der Waals surface area contributed by atoms with Crippen LogP contribution < -0.4 is 4.90 Å². The average Bonchev–Trinajstić information content (AvgIpc) is 3.72. The fraction of sp³-hybridized carbons (Fsp3) is 0. The van der Waals surface area contributed by atoms with Crippen LogP contribution in [0.5, 0.6) is 0 Å². The number of fused-ring (bicyclic) bond motifs is 5. The molecule has 0 radical (unpaired) electrons. The third-order valence-corrected chi connectivity index (χ3v) is 12.8. The van der Waals surface area contributed by atoms with Crippen molar-refractivity contribution in [1.82, 2.24) is 4.57 Å². The molecule has 64 heavy (non-hydrogen) atoms. The van der Waals surface area contributed by atoms with Crippen molar-refractivity contribution in [1.29, 1.82) is 0 Å². The summed E-state index contributed by atoms with van der Waals surface area (Å²) in [5.41, 5.74) is 16.4. The summed E-state index contributed by atoms with van der Waals surface area (Å²) < 4.78 is 2.40. The number of para-hydroxylation sites is 3. The Balaban J connectivity index is 1.03. The molecule has 1 heterocycles. The summed E-state index contributed by atoms with van der Waals surface area (Å²) >= 11 is 0. The smallest absolute Gasteiger partial charge is 0.0547 e. The molecular formula is C62H42N2. The fourth-order valence-electron chi connectivity index (χ4n) is 9.81. The molecule has 2 nitrogen and oxygen atoms in total. The second kappa shape index (κ2) is 15.8. The predicted molar refractivity (Wildman–Crippen MR) is 272 cm³/mol. The van der Waals surface area contributed by atoms with Gasteiger partial charge >= 0.3 is 0 Å². The Morgan fingerprint density at radius 2 is 0.781 bits per heavy atom. The summed E-state index contributed by atoms with van der Waals surface area (Å²) in [7, 11) is 0. The Labute approximate surface area is 373 Å². The molecule has 0 atom stereocenters. The molecular weight excluding hydrogens is 773 g/mol. The van der Waals surface area contributed by atoms with Crippen LogP contribution in [0.4, 0.5) is 17.1 Å². The molecule has 0 saturated heterocycles. The van der Waals surface area contributed by atoms with Crippen LogP contribution in [0.15, 0.2) is 255 Å². The molecule has 0 unspecified atom stereocenters. The third-order valence-electron chi connectivity index (χ3n) is 12.8. The van der Waals surface area contributed by atoms with Crippen LogP contribution in [0.2, 0.25) is 0 Å². The van der Waals surface area contributed by atoms with Crippen molar-refractivity contribution in [2.24, 2.45) is 0 Å². The van der Waals surface area contributed by atoms with Gasteiger partial charge in [0, 0.05) is 33.4 Å². The molecule has 0 aliphatic heterocycles. The zero-order valence-electron chi connectivity index (χ0n) is 35.1. The van der Waals surface area contributed by atoms with Gasteiger partial charge in [-0.15, -0.1) is 0 Å². The second-order valence-electron chi connectivity index (χ2n) is 16.5. The van der Waals surface area contributed by atoms with Gasteiger partial charge in [0.2, 0.25) is 0 Å². The van der Waals surface area contributed by atoms with Crippen LogP contribution in [0.25, 0.3) is 93.5 Å². The van der Waals surface area contributed by atoms with Gasteiger partial charge in [0.15, 0.2) is 0 Å². The summed E-state index contributed by atoms with van der Waals surface area (Å²) in [4.78, 5) is 2.43. The van der Waals surface area contributed by atoms with Crippen molar-refractivity contribution in [2.75, 3.05) is 4.90 Å². The van der Waals surface area contributed by atoms with Gasteiger partial charge in [-0.1, -0.05) is 194 Å². The number of hydrogen-bond acceptors (Lipinski definition) is 1.